The monoisotopic (exact) mass is 250 g/mol. The number of aliphatic hydroxyl groups is 1. The van der Waals surface area contributed by atoms with E-state index in [9.17, 15) is 4.39 Å². The lowest BCUT2D eigenvalue weighted by atomic mass is 10.2. The Hall–Kier alpha value is -1.59. The van der Waals surface area contributed by atoms with Crippen molar-refractivity contribution in [2.45, 2.75) is 24.9 Å². The fourth-order valence-corrected chi connectivity index (χ4v) is 2.49. The SMILES string of the molecule is Nc1cccc2c1ccn2[C@H]1C[C@H](F)C(CO)O1. The van der Waals surface area contributed by atoms with Crippen molar-refractivity contribution >= 4 is 16.6 Å². The van der Waals surface area contributed by atoms with Crippen molar-refractivity contribution in [1.29, 1.82) is 0 Å². The number of nitrogen functional groups attached to an aromatic ring is 1. The second-order valence-electron chi connectivity index (χ2n) is 4.57. The van der Waals surface area contributed by atoms with E-state index < -0.39 is 12.3 Å². The molecule has 3 rings (SSSR count). The molecule has 1 aliphatic heterocycles. The largest absolute Gasteiger partial charge is 0.398 e. The molecule has 1 aromatic carbocycles. The second-order valence-corrected chi connectivity index (χ2v) is 4.57. The Morgan fingerprint density at radius 3 is 3.00 bits per heavy atom. The Balaban J connectivity index is 1.99. The van der Waals surface area contributed by atoms with Crippen molar-refractivity contribution in [1.82, 2.24) is 4.57 Å². The Bertz CT molecular complexity index is 569. The van der Waals surface area contributed by atoms with Gasteiger partial charge in [-0.05, 0) is 18.2 Å². The third-order valence-corrected chi connectivity index (χ3v) is 3.45. The van der Waals surface area contributed by atoms with Crippen LogP contribution in [0, 0.1) is 0 Å². The molecule has 2 heterocycles. The fourth-order valence-electron chi connectivity index (χ4n) is 2.49. The molecular weight excluding hydrogens is 235 g/mol. The minimum Gasteiger partial charge on any atom is -0.398 e. The van der Waals surface area contributed by atoms with Crippen LogP contribution >= 0.6 is 0 Å². The number of alkyl halides is 1. The van der Waals surface area contributed by atoms with E-state index in [1.165, 1.54) is 0 Å². The van der Waals surface area contributed by atoms with E-state index in [1.807, 2.05) is 35.0 Å². The van der Waals surface area contributed by atoms with E-state index in [0.29, 0.717) is 5.69 Å². The molecule has 0 amide bonds. The number of nitrogens with zero attached hydrogens (tertiary/aromatic N) is 1. The van der Waals surface area contributed by atoms with Crippen LogP contribution in [-0.2, 0) is 4.74 Å². The standard InChI is InChI=1S/C13H15FN2O2/c14-9-6-13(18-12(9)7-17)16-5-4-8-10(15)2-1-3-11(8)16/h1-5,9,12-13,17H,6-7,15H2/t9-,12?,13+/m0/s1. The van der Waals surface area contributed by atoms with Gasteiger partial charge in [0.1, 0.15) is 18.5 Å². The first-order chi connectivity index (χ1) is 8.70. The lowest BCUT2D eigenvalue weighted by Gasteiger charge is -2.15. The van der Waals surface area contributed by atoms with Gasteiger partial charge >= 0.3 is 0 Å². The summed E-state index contributed by atoms with van der Waals surface area (Å²) in [5.74, 6) is 0. The van der Waals surface area contributed by atoms with Gasteiger partial charge in [-0.25, -0.2) is 4.39 Å². The Morgan fingerprint density at radius 1 is 1.44 bits per heavy atom. The van der Waals surface area contributed by atoms with Gasteiger partial charge < -0.3 is 20.1 Å². The van der Waals surface area contributed by atoms with E-state index in [0.717, 1.165) is 10.9 Å². The summed E-state index contributed by atoms with van der Waals surface area (Å²) < 4.78 is 21.0. The van der Waals surface area contributed by atoms with Gasteiger partial charge in [0, 0.05) is 23.7 Å². The third kappa shape index (κ3) is 1.67. The van der Waals surface area contributed by atoms with Crippen LogP contribution < -0.4 is 5.73 Å². The molecule has 18 heavy (non-hydrogen) atoms. The van der Waals surface area contributed by atoms with Crippen LogP contribution in [0.5, 0.6) is 0 Å². The Labute approximate surface area is 104 Å². The number of hydrogen-bond acceptors (Lipinski definition) is 3. The summed E-state index contributed by atoms with van der Waals surface area (Å²) in [5, 5.41) is 9.95. The molecule has 1 fully saturated rings. The van der Waals surface area contributed by atoms with E-state index in [4.69, 9.17) is 15.6 Å². The Morgan fingerprint density at radius 2 is 2.28 bits per heavy atom. The Kier molecular flexibility index (Phi) is 2.72. The van der Waals surface area contributed by atoms with Crippen LogP contribution in [-0.4, -0.2) is 28.6 Å². The zero-order valence-electron chi connectivity index (χ0n) is 9.79. The van der Waals surface area contributed by atoms with Crippen LogP contribution in [0.3, 0.4) is 0 Å². The smallest absolute Gasteiger partial charge is 0.137 e. The van der Waals surface area contributed by atoms with Crippen molar-refractivity contribution in [2.24, 2.45) is 0 Å². The number of nitrogens with two attached hydrogens (primary N) is 1. The summed E-state index contributed by atoms with van der Waals surface area (Å²) in [4.78, 5) is 0. The molecule has 4 nitrogen and oxygen atoms in total. The molecule has 0 spiro atoms. The molecule has 1 saturated heterocycles. The first-order valence-corrected chi connectivity index (χ1v) is 5.96. The second kappa shape index (κ2) is 4.26. The van der Waals surface area contributed by atoms with E-state index in [2.05, 4.69) is 0 Å². The van der Waals surface area contributed by atoms with Crippen molar-refractivity contribution in [2.75, 3.05) is 12.3 Å². The van der Waals surface area contributed by atoms with Gasteiger partial charge in [0.05, 0.1) is 12.1 Å². The molecule has 3 N–H and O–H groups in total. The average Bonchev–Trinajstić information content (AvgIpc) is 2.93. The highest BCUT2D eigenvalue weighted by Gasteiger charge is 2.36. The summed E-state index contributed by atoms with van der Waals surface area (Å²) in [5.41, 5.74) is 7.50. The van der Waals surface area contributed by atoms with Crippen LogP contribution in [0.15, 0.2) is 30.5 Å². The molecule has 3 atom stereocenters. The predicted molar refractivity (Wildman–Crippen MR) is 66.9 cm³/mol. The quantitative estimate of drug-likeness (QED) is 0.799. The highest BCUT2D eigenvalue weighted by Crippen LogP contribution is 2.34. The van der Waals surface area contributed by atoms with Crippen LogP contribution in [0.2, 0.25) is 0 Å². The number of anilines is 1. The van der Waals surface area contributed by atoms with Crippen LogP contribution in [0.4, 0.5) is 10.1 Å². The fraction of sp³-hybridized carbons (Fsp3) is 0.385. The predicted octanol–water partition coefficient (Wildman–Crippen LogP) is 1.84. The first-order valence-electron chi connectivity index (χ1n) is 5.96. The van der Waals surface area contributed by atoms with E-state index in [-0.39, 0.29) is 19.3 Å². The molecule has 96 valence electrons. The average molecular weight is 250 g/mol. The van der Waals surface area contributed by atoms with E-state index in [1.54, 1.807) is 0 Å². The lowest BCUT2D eigenvalue weighted by Crippen LogP contribution is -2.21. The zero-order chi connectivity index (χ0) is 12.7. The molecule has 2 aromatic rings. The molecule has 0 bridgehead atoms. The zero-order valence-corrected chi connectivity index (χ0v) is 9.79. The highest BCUT2D eigenvalue weighted by molar-refractivity contribution is 5.91. The number of benzene rings is 1. The van der Waals surface area contributed by atoms with Gasteiger partial charge in [-0.3, -0.25) is 0 Å². The normalized spacial score (nSPS) is 28.0. The van der Waals surface area contributed by atoms with Crippen molar-refractivity contribution in [3.8, 4) is 0 Å². The molecule has 1 unspecified atom stereocenters. The molecule has 1 aromatic heterocycles. The molecule has 0 saturated carbocycles. The number of halogens is 1. The minimum absolute atomic E-state index is 0.254. The molecule has 5 heteroatoms. The number of rotatable bonds is 2. The number of aliphatic hydroxyl groups excluding tert-OH is 1. The molecule has 0 aliphatic carbocycles. The summed E-state index contributed by atoms with van der Waals surface area (Å²) in [7, 11) is 0. The van der Waals surface area contributed by atoms with Gasteiger partial charge in [0.2, 0.25) is 0 Å². The maximum atomic E-state index is 13.6. The highest BCUT2D eigenvalue weighted by atomic mass is 19.1. The van der Waals surface area contributed by atoms with Crippen LogP contribution in [0.25, 0.3) is 10.9 Å². The summed E-state index contributed by atoms with van der Waals surface area (Å²) in [6.07, 6.45) is -0.134. The van der Waals surface area contributed by atoms with Crippen molar-refractivity contribution < 1.29 is 14.2 Å². The van der Waals surface area contributed by atoms with Gasteiger partial charge in [0.15, 0.2) is 0 Å². The molecular formula is C13H15FN2O2. The number of hydrogen-bond donors (Lipinski definition) is 2. The maximum Gasteiger partial charge on any atom is 0.137 e. The van der Waals surface area contributed by atoms with Gasteiger partial charge in [0.25, 0.3) is 0 Å². The first kappa shape index (κ1) is 11.5. The minimum atomic E-state index is -1.13. The van der Waals surface area contributed by atoms with Crippen molar-refractivity contribution in [3.05, 3.63) is 30.5 Å². The van der Waals surface area contributed by atoms with Gasteiger partial charge in [-0.1, -0.05) is 6.07 Å². The lowest BCUT2D eigenvalue weighted by molar-refractivity contribution is -0.0319. The summed E-state index contributed by atoms with van der Waals surface area (Å²) in [6, 6.07) is 7.51. The summed E-state index contributed by atoms with van der Waals surface area (Å²) >= 11 is 0. The number of aromatic nitrogens is 1. The molecule has 1 aliphatic rings. The van der Waals surface area contributed by atoms with Crippen molar-refractivity contribution in [3.63, 3.8) is 0 Å². The molecule has 0 radical (unpaired) electrons. The third-order valence-electron chi connectivity index (χ3n) is 3.45. The number of fused-ring (bicyclic) bond motifs is 1. The maximum absolute atomic E-state index is 13.6. The summed E-state index contributed by atoms with van der Waals surface area (Å²) in [6.45, 7) is -0.293. The topological polar surface area (TPSA) is 60.4 Å². The van der Waals surface area contributed by atoms with Gasteiger partial charge in [-0.15, -0.1) is 0 Å². The van der Waals surface area contributed by atoms with Gasteiger partial charge in [-0.2, -0.15) is 0 Å². The van der Waals surface area contributed by atoms with Crippen LogP contribution in [0.1, 0.15) is 12.6 Å². The number of ether oxygens (including phenoxy) is 1. The van der Waals surface area contributed by atoms with E-state index >= 15 is 0 Å².